The quantitative estimate of drug-likeness (QED) is 0.825. The van der Waals surface area contributed by atoms with Gasteiger partial charge in [-0.3, -0.25) is 4.79 Å². The zero-order valence-corrected chi connectivity index (χ0v) is 13.0. The number of amides is 1. The highest BCUT2D eigenvalue weighted by molar-refractivity contribution is 7.94. The van der Waals surface area contributed by atoms with Gasteiger partial charge in [-0.15, -0.1) is 11.3 Å². The number of anilines is 1. The number of rotatable bonds is 4. The number of fused-ring (bicyclic) bond motifs is 1. The molecule has 0 saturated heterocycles. The maximum Gasteiger partial charge on any atom is 0.238 e. The molecule has 1 aromatic heterocycles. The Morgan fingerprint density at radius 2 is 2.19 bits per heavy atom. The molecule has 8 heteroatoms. The summed E-state index contributed by atoms with van der Waals surface area (Å²) >= 11 is 1.04. The molecule has 1 aliphatic rings. The first-order valence-corrected chi connectivity index (χ1v) is 8.94. The Balaban J connectivity index is 1.92. The number of carbonyl (C=O) groups is 1. The monoisotopic (exact) mass is 325 g/mol. The van der Waals surface area contributed by atoms with Gasteiger partial charge in [0.2, 0.25) is 20.1 Å². The molecule has 6 nitrogen and oxygen atoms in total. The van der Waals surface area contributed by atoms with Crippen molar-refractivity contribution in [2.75, 3.05) is 5.73 Å². The zero-order valence-electron chi connectivity index (χ0n) is 11.4. The number of benzene rings is 1. The maximum atomic E-state index is 12.5. The molecule has 1 aromatic carbocycles. The Bertz CT molecular complexity index is 809. The highest BCUT2D eigenvalue weighted by atomic mass is 32.2. The van der Waals surface area contributed by atoms with Crippen molar-refractivity contribution in [2.24, 2.45) is 0 Å². The van der Waals surface area contributed by atoms with Crippen LogP contribution in [-0.2, 0) is 14.6 Å². The van der Waals surface area contributed by atoms with Crippen LogP contribution in [0.3, 0.4) is 0 Å². The number of sulfone groups is 1. The summed E-state index contributed by atoms with van der Waals surface area (Å²) in [4.78, 5) is 16.1. The average molecular weight is 325 g/mol. The number of hydrogen-bond donors (Lipinski definition) is 2. The van der Waals surface area contributed by atoms with Gasteiger partial charge in [0.25, 0.3) is 0 Å². The van der Waals surface area contributed by atoms with Gasteiger partial charge in [-0.1, -0.05) is 0 Å². The van der Waals surface area contributed by atoms with Gasteiger partial charge in [0.15, 0.2) is 0 Å². The van der Waals surface area contributed by atoms with Crippen LogP contribution in [0.2, 0.25) is 0 Å². The smallest absolute Gasteiger partial charge is 0.238 e. The van der Waals surface area contributed by atoms with Gasteiger partial charge in [-0.2, -0.15) is 0 Å². The SMILES string of the molecule is CC(C(=O)NC1CC1)S(=O)(=O)c1nc2ccc(N)cc2s1. The van der Waals surface area contributed by atoms with E-state index in [4.69, 9.17) is 5.73 Å². The van der Waals surface area contributed by atoms with E-state index in [1.165, 1.54) is 6.92 Å². The molecule has 1 aliphatic carbocycles. The van der Waals surface area contributed by atoms with E-state index in [0.29, 0.717) is 15.9 Å². The fourth-order valence-electron chi connectivity index (χ4n) is 1.88. The van der Waals surface area contributed by atoms with Crippen LogP contribution in [0.5, 0.6) is 0 Å². The van der Waals surface area contributed by atoms with Crippen LogP contribution in [0, 0.1) is 0 Å². The first-order valence-electron chi connectivity index (χ1n) is 6.58. The molecular weight excluding hydrogens is 310 g/mol. The Morgan fingerprint density at radius 3 is 2.86 bits per heavy atom. The number of hydrogen-bond acceptors (Lipinski definition) is 6. The van der Waals surface area contributed by atoms with E-state index in [9.17, 15) is 13.2 Å². The summed E-state index contributed by atoms with van der Waals surface area (Å²) < 4.78 is 25.6. The fourth-order valence-corrected chi connectivity index (χ4v) is 4.67. The van der Waals surface area contributed by atoms with E-state index in [1.54, 1.807) is 18.2 Å². The van der Waals surface area contributed by atoms with E-state index in [1.807, 2.05) is 0 Å². The highest BCUT2D eigenvalue weighted by Gasteiger charge is 2.35. The molecule has 0 spiro atoms. The van der Waals surface area contributed by atoms with Crippen LogP contribution in [-0.4, -0.2) is 30.6 Å². The average Bonchev–Trinajstić information content (AvgIpc) is 3.13. The van der Waals surface area contributed by atoms with E-state index in [0.717, 1.165) is 24.2 Å². The lowest BCUT2D eigenvalue weighted by atomic mass is 10.3. The topological polar surface area (TPSA) is 102 Å². The van der Waals surface area contributed by atoms with Crippen LogP contribution in [0.25, 0.3) is 10.2 Å². The van der Waals surface area contributed by atoms with Gasteiger partial charge < -0.3 is 11.1 Å². The van der Waals surface area contributed by atoms with E-state index >= 15 is 0 Å². The lowest BCUT2D eigenvalue weighted by molar-refractivity contribution is -0.120. The number of carbonyl (C=O) groups excluding carboxylic acids is 1. The van der Waals surface area contributed by atoms with Crippen molar-refractivity contribution < 1.29 is 13.2 Å². The van der Waals surface area contributed by atoms with Gasteiger partial charge in [0, 0.05) is 11.7 Å². The van der Waals surface area contributed by atoms with E-state index in [-0.39, 0.29) is 10.4 Å². The summed E-state index contributed by atoms with van der Waals surface area (Å²) in [6.07, 6.45) is 1.83. The predicted octanol–water partition coefficient (Wildman–Crippen LogP) is 1.32. The maximum absolute atomic E-state index is 12.5. The molecular formula is C13H15N3O3S2. The molecule has 1 fully saturated rings. The van der Waals surface area contributed by atoms with Crippen molar-refractivity contribution in [3.05, 3.63) is 18.2 Å². The van der Waals surface area contributed by atoms with Crippen LogP contribution in [0.15, 0.2) is 22.5 Å². The third-order valence-corrected chi connectivity index (χ3v) is 6.88. The van der Waals surface area contributed by atoms with Crippen LogP contribution in [0.4, 0.5) is 5.69 Å². The van der Waals surface area contributed by atoms with Crippen molar-refractivity contribution in [1.82, 2.24) is 10.3 Å². The van der Waals surface area contributed by atoms with Crippen molar-refractivity contribution in [2.45, 2.75) is 35.4 Å². The summed E-state index contributed by atoms with van der Waals surface area (Å²) in [5, 5.41) is 1.57. The number of nitrogens with zero attached hydrogens (tertiary/aromatic N) is 1. The molecule has 1 heterocycles. The van der Waals surface area contributed by atoms with E-state index < -0.39 is 21.0 Å². The number of thiazole rings is 1. The molecule has 0 bridgehead atoms. The molecule has 21 heavy (non-hydrogen) atoms. The summed E-state index contributed by atoms with van der Waals surface area (Å²) in [6, 6.07) is 5.16. The summed E-state index contributed by atoms with van der Waals surface area (Å²) in [6.45, 7) is 1.40. The summed E-state index contributed by atoms with van der Waals surface area (Å²) in [5.74, 6) is -0.462. The molecule has 1 amide bonds. The van der Waals surface area contributed by atoms with Gasteiger partial charge in [0.05, 0.1) is 10.2 Å². The van der Waals surface area contributed by atoms with Gasteiger partial charge in [-0.05, 0) is 38.0 Å². The minimum absolute atomic E-state index is 0.0402. The Morgan fingerprint density at radius 1 is 1.48 bits per heavy atom. The van der Waals surface area contributed by atoms with Crippen LogP contribution < -0.4 is 11.1 Å². The molecule has 0 radical (unpaired) electrons. The Labute approximate surface area is 126 Å². The highest BCUT2D eigenvalue weighted by Crippen LogP contribution is 2.29. The molecule has 3 N–H and O–H groups in total. The molecule has 1 unspecified atom stereocenters. The molecule has 1 saturated carbocycles. The second kappa shape index (κ2) is 4.96. The third kappa shape index (κ3) is 2.73. The summed E-state index contributed by atoms with van der Waals surface area (Å²) in [7, 11) is -3.78. The molecule has 112 valence electrons. The van der Waals surface area contributed by atoms with Gasteiger partial charge in [0.1, 0.15) is 5.25 Å². The van der Waals surface area contributed by atoms with Crippen LogP contribution in [0.1, 0.15) is 19.8 Å². The van der Waals surface area contributed by atoms with Crippen molar-refractivity contribution in [3.63, 3.8) is 0 Å². The van der Waals surface area contributed by atoms with Crippen LogP contribution >= 0.6 is 11.3 Å². The second-order valence-electron chi connectivity index (χ2n) is 5.18. The normalized spacial score (nSPS) is 16.8. The molecule has 1 atom stereocenters. The second-order valence-corrected chi connectivity index (χ2v) is 8.65. The van der Waals surface area contributed by atoms with Crippen molar-refractivity contribution in [3.8, 4) is 0 Å². The number of aromatic nitrogens is 1. The molecule has 0 aliphatic heterocycles. The zero-order chi connectivity index (χ0) is 15.2. The standard InChI is InChI=1S/C13H15N3O3S2/c1-7(12(17)15-9-3-4-9)21(18,19)13-16-10-5-2-8(14)6-11(10)20-13/h2,5-7,9H,3-4,14H2,1H3,(H,15,17). The fraction of sp³-hybridized carbons (Fsp3) is 0.385. The number of nitrogens with two attached hydrogens (primary N) is 1. The van der Waals surface area contributed by atoms with Gasteiger partial charge in [-0.25, -0.2) is 13.4 Å². The first kappa shape index (κ1) is 14.3. The minimum atomic E-state index is -3.78. The number of nitrogens with one attached hydrogen (secondary N) is 1. The van der Waals surface area contributed by atoms with Crippen molar-refractivity contribution in [1.29, 1.82) is 0 Å². The number of nitrogen functional groups attached to an aromatic ring is 1. The van der Waals surface area contributed by atoms with Crippen molar-refractivity contribution >= 4 is 43.0 Å². The molecule has 3 rings (SSSR count). The minimum Gasteiger partial charge on any atom is -0.399 e. The Kier molecular flexibility index (Phi) is 3.37. The molecule has 2 aromatic rings. The lowest BCUT2D eigenvalue weighted by Gasteiger charge is -2.10. The summed E-state index contributed by atoms with van der Waals surface area (Å²) in [5.41, 5.74) is 6.80. The van der Waals surface area contributed by atoms with Gasteiger partial charge >= 0.3 is 0 Å². The third-order valence-electron chi connectivity index (χ3n) is 3.39. The largest absolute Gasteiger partial charge is 0.399 e. The first-order chi connectivity index (χ1) is 9.88. The van der Waals surface area contributed by atoms with E-state index in [2.05, 4.69) is 10.3 Å². The predicted molar refractivity (Wildman–Crippen MR) is 81.8 cm³/mol. The lowest BCUT2D eigenvalue weighted by Crippen LogP contribution is -2.38. The Hall–Kier alpha value is -1.67.